The van der Waals surface area contributed by atoms with Crippen LogP contribution in [-0.2, 0) is 9.47 Å². The monoisotopic (exact) mass is 674 g/mol. The number of hydrogen-bond acceptors (Lipinski definition) is 6. The molecule has 2 aliphatic carbocycles. The normalized spacial score (nSPS) is 17.2. The number of carbonyl (C=O) groups is 2. The summed E-state index contributed by atoms with van der Waals surface area (Å²) < 4.78 is 20.6. The molecular weight excluding hydrogens is 624 g/mol. The molecule has 0 spiro atoms. The Kier molecular flexibility index (Phi) is 11.2. The van der Waals surface area contributed by atoms with Gasteiger partial charge in [0.15, 0.2) is 0 Å². The Morgan fingerprint density at radius 3 is 1.70 bits per heavy atom. The molecule has 0 aromatic heterocycles. The van der Waals surface area contributed by atoms with Crippen LogP contribution in [0.4, 0.5) is 0 Å². The summed E-state index contributed by atoms with van der Waals surface area (Å²) in [6, 6.07) is 27.8. The molecule has 0 heterocycles. The number of methoxy groups -OCH3 is 4. The molecule has 50 heavy (non-hydrogen) atoms. The fourth-order valence-electron chi connectivity index (χ4n) is 7.57. The maximum atomic E-state index is 12.0. The standard InChI is InChI=1S/C22H26O3.C22H24O3/c2*1-22(2)12-6-9-20(22)19-14-16(21(23)25-4)10-11-18(19)15-7-5-8-17(13-15)24-3/h5,7-8,10-11,13-14,20H,6,9,12H2,1-4H3;5,7-11,13-14H,6,12H2,1-4H3. The molecule has 262 valence electrons. The van der Waals surface area contributed by atoms with Gasteiger partial charge in [-0.3, -0.25) is 0 Å². The molecule has 6 heteroatoms. The third kappa shape index (κ3) is 7.80. The molecule has 1 fully saturated rings. The van der Waals surface area contributed by atoms with Crippen molar-refractivity contribution in [3.05, 3.63) is 113 Å². The minimum absolute atomic E-state index is 0.0857. The smallest absolute Gasteiger partial charge is 0.337 e. The predicted molar refractivity (Wildman–Crippen MR) is 201 cm³/mol. The highest BCUT2D eigenvalue weighted by molar-refractivity contribution is 5.94. The zero-order valence-electron chi connectivity index (χ0n) is 30.7. The van der Waals surface area contributed by atoms with Crippen molar-refractivity contribution in [2.45, 2.75) is 65.7 Å². The molecule has 1 unspecified atom stereocenters. The number of esters is 2. The summed E-state index contributed by atoms with van der Waals surface area (Å²) in [5.41, 5.74) is 9.60. The number of hydrogen-bond donors (Lipinski definition) is 0. The Hall–Kier alpha value is -4.84. The van der Waals surface area contributed by atoms with Gasteiger partial charge in [0.2, 0.25) is 0 Å². The summed E-state index contributed by atoms with van der Waals surface area (Å²) in [7, 11) is 6.19. The summed E-state index contributed by atoms with van der Waals surface area (Å²) >= 11 is 0. The van der Waals surface area contributed by atoms with Crippen molar-refractivity contribution in [3.8, 4) is 33.8 Å². The lowest BCUT2D eigenvalue weighted by Gasteiger charge is -2.29. The van der Waals surface area contributed by atoms with E-state index in [1.54, 1.807) is 14.2 Å². The van der Waals surface area contributed by atoms with E-state index < -0.39 is 0 Å². The van der Waals surface area contributed by atoms with E-state index >= 15 is 0 Å². The Labute approximate surface area is 297 Å². The molecule has 0 N–H and O–H groups in total. The van der Waals surface area contributed by atoms with E-state index in [0.717, 1.165) is 53.0 Å². The van der Waals surface area contributed by atoms with Gasteiger partial charge < -0.3 is 18.9 Å². The van der Waals surface area contributed by atoms with Crippen molar-refractivity contribution < 1.29 is 28.5 Å². The summed E-state index contributed by atoms with van der Waals surface area (Å²) in [6.45, 7) is 9.16. The fourth-order valence-corrected chi connectivity index (χ4v) is 7.57. The lowest BCUT2D eigenvalue weighted by Crippen LogP contribution is -2.17. The van der Waals surface area contributed by atoms with Crippen molar-refractivity contribution in [2.75, 3.05) is 28.4 Å². The van der Waals surface area contributed by atoms with Crippen LogP contribution in [0.15, 0.2) is 91.0 Å². The average Bonchev–Trinajstić information content (AvgIpc) is 3.69. The van der Waals surface area contributed by atoms with E-state index in [-0.39, 0.29) is 22.8 Å². The number of allylic oxidation sites excluding steroid dienone is 2. The Morgan fingerprint density at radius 2 is 1.20 bits per heavy atom. The quantitative estimate of drug-likeness (QED) is 0.173. The largest absolute Gasteiger partial charge is 0.497 e. The summed E-state index contributed by atoms with van der Waals surface area (Å²) in [5.74, 6) is 1.49. The first-order chi connectivity index (χ1) is 23.9. The summed E-state index contributed by atoms with van der Waals surface area (Å²) in [4.78, 5) is 24.1. The zero-order valence-corrected chi connectivity index (χ0v) is 30.7. The number of ether oxygens (including phenoxy) is 4. The molecule has 6 nitrogen and oxygen atoms in total. The van der Waals surface area contributed by atoms with Gasteiger partial charge in [-0.05, 0) is 130 Å². The van der Waals surface area contributed by atoms with Gasteiger partial charge in [-0.2, -0.15) is 0 Å². The molecule has 4 aromatic rings. The Morgan fingerprint density at radius 1 is 0.640 bits per heavy atom. The minimum Gasteiger partial charge on any atom is -0.497 e. The maximum Gasteiger partial charge on any atom is 0.337 e. The van der Waals surface area contributed by atoms with Crippen molar-refractivity contribution in [1.29, 1.82) is 0 Å². The SMILES string of the molecule is COC(=O)c1ccc(-c2cccc(OC)c2)c(C2=CCCC2(C)C)c1.COC(=O)c1ccc(-c2cccc(OC)c2)c(C2CCCC2(C)C)c1. The van der Waals surface area contributed by atoms with Gasteiger partial charge in [0, 0.05) is 0 Å². The second-order valence-electron chi connectivity index (χ2n) is 14.5. The van der Waals surface area contributed by atoms with Crippen molar-refractivity contribution >= 4 is 17.5 Å². The molecule has 2 aliphatic rings. The summed E-state index contributed by atoms with van der Waals surface area (Å²) in [6.07, 6.45) is 8.04. The Bertz CT molecular complexity index is 1880. The van der Waals surface area contributed by atoms with E-state index in [1.807, 2.05) is 66.7 Å². The van der Waals surface area contributed by atoms with Crippen LogP contribution in [0, 0.1) is 10.8 Å². The van der Waals surface area contributed by atoms with Gasteiger partial charge >= 0.3 is 11.9 Å². The number of benzene rings is 4. The molecule has 1 saturated carbocycles. The van der Waals surface area contributed by atoms with Crippen LogP contribution < -0.4 is 9.47 Å². The first-order valence-corrected chi connectivity index (χ1v) is 17.4. The second-order valence-corrected chi connectivity index (χ2v) is 14.5. The number of rotatable bonds is 8. The first-order valence-electron chi connectivity index (χ1n) is 17.4. The summed E-state index contributed by atoms with van der Waals surface area (Å²) in [5, 5.41) is 0. The average molecular weight is 675 g/mol. The predicted octanol–water partition coefficient (Wildman–Crippen LogP) is 10.8. The topological polar surface area (TPSA) is 71.1 Å². The van der Waals surface area contributed by atoms with Crippen LogP contribution in [0.2, 0.25) is 0 Å². The molecule has 0 saturated heterocycles. The minimum atomic E-state index is -0.310. The first kappa shape index (κ1) is 36.4. The van der Waals surface area contributed by atoms with Crippen LogP contribution in [0.3, 0.4) is 0 Å². The highest BCUT2D eigenvalue weighted by Crippen LogP contribution is 2.51. The van der Waals surface area contributed by atoms with E-state index in [2.05, 4.69) is 52.0 Å². The van der Waals surface area contributed by atoms with Gasteiger partial charge in [0.1, 0.15) is 11.5 Å². The lowest BCUT2D eigenvalue weighted by atomic mass is 9.75. The zero-order chi connectivity index (χ0) is 36.1. The fraction of sp³-hybridized carbons (Fsp3) is 0.364. The second kappa shape index (κ2) is 15.4. The highest BCUT2D eigenvalue weighted by atomic mass is 16.5. The molecule has 0 amide bonds. The van der Waals surface area contributed by atoms with Crippen LogP contribution in [0.25, 0.3) is 27.8 Å². The Balaban J connectivity index is 0.000000194. The van der Waals surface area contributed by atoms with Crippen LogP contribution >= 0.6 is 0 Å². The van der Waals surface area contributed by atoms with E-state index in [9.17, 15) is 9.59 Å². The molecule has 1 atom stereocenters. The highest BCUT2D eigenvalue weighted by Gasteiger charge is 2.37. The van der Waals surface area contributed by atoms with Crippen molar-refractivity contribution in [3.63, 3.8) is 0 Å². The third-order valence-electron chi connectivity index (χ3n) is 10.4. The maximum absolute atomic E-state index is 12.0. The molecule has 6 rings (SSSR count). The lowest BCUT2D eigenvalue weighted by molar-refractivity contribution is 0.0591. The van der Waals surface area contributed by atoms with Gasteiger partial charge in [-0.15, -0.1) is 0 Å². The van der Waals surface area contributed by atoms with Crippen LogP contribution in [0.5, 0.6) is 11.5 Å². The molecule has 0 aliphatic heterocycles. The van der Waals surface area contributed by atoms with E-state index in [4.69, 9.17) is 18.9 Å². The molecule has 0 radical (unpaired) electrons. The van der Waals surface area contributed by atoms with Gasteiger partial charge in [0.05, 0.1) is 39.6 Å². The van der Waals surface area contributed by atoms with E-state index in [0.29, 0.717) is 17.0 Å². The van der Waals surface area contributed by atoms with Gasteiger partial charge in [-0.1, -0.05) is 76.6 Å². The number of carbonyl (C=O) groups excluding carboxylic acids is 2. The van der Waals surface area contributed by atoms with Gasteiger partial charge in [-0.25, -0.2) is 9.59 Å². The molecular formula is C44H50O6. The van der Waals surface area contributed by atoms with Gasteiger partial charge in [0.25, 0.3) is 0 Å². The third-order valence-corrected chi connectivity index (χ3v) is 10.4. The molecule has 0 bridgehead atoms. The van der Waals surface area contributed by atoms with Crippen molar-refractivity contribution in [2.24, 2.45) is 10.8 Å². The van der Waals surface area contributed by atoms with Crippen molar-refractivity contribution in [1.82, 2.24) is 0 Å². The van der Waals surface area contributed by atoms with Crippen LogP contribution in [0.1, 0.15) is 97.6 Å². The molecule has 4 aromatic carbocycles. The van der Waals surface area contributed by atoms with E-state index in [1.165, 1.54) is 43.8 Å². The van der Waals surface area contributed by atoms with Crippen LogP contribution in [-0.4, -0.2) is 40.4 Å².